The molecule has 0 aliphatic rings. The third-order valence-corrected chi connectivity index (χ3v) is 6.38. The number of hydrogen-bond donors (Lipinski definition) is 1. The van der Waals surface area contributed by atoms with Crippen LogP contribution in [0.25, 0.3) is 0 Å². The lowest BCUT2D eigenvalue weighted by Gasteiger charge is -2.31. The van der Waals surface area contributed by atoms with Crippen molar-refractivity contribution < 1.29 is 14.3 Å². The van der Waals surface area contributed by atoms with Crippen LogP contribution in [0.4, 0.5) is 0 Å². The molecule has 0 heterocycles. The fourth-order valence-electron chi connectivity index (χ4n) is 3.49. The maximum atomic E-state index is 13.5. The molecule has 0 bridgehead atoms. The number of carbonyl (C=O) groups is 2. The van der Waals surface area contributed by atoms with E-state index in [9.17, 15) is 9.59 Å². The summed E-state index contributed by atoms with van der Waals surface area (Å²) in [6, 6.07) is 23.8. The van der Waals surface area contributed by atoms with Gasteiger partial charge in [0.05, 0.1) is 0 Å². The van der Waals surface area contributed by atoms with Gasteiger partial charge < -0.3 is 15.0 Å². The summed E-state index contributed by atoms with van der Waals surface area (Å²) >= 11 is 8.63. The molecular formula is C27H28ClIN2O3. The lowest BCUT2D eigenvalue weighted by molar-refractivity contribution is -0.142. The quantitative estimate of drug-likeness (QED) is 0.301. The summed E-state index contributed by atoms with van der Waals surface area (Å²) in [4.78, 5) is 28.3. The van der Waals surface area contributed by atoms with Crippen LogP contribution < -0.4 is 10.1 Å². The molecule has 3 aromatic carbocycles. The van der Waals surface area contributed by atoms with Crippen LogP contribution >= 0.6 is 34.2 Å². The van der Waals surface area contributed by atoms with Gasteiger partial charge >= 0.3 is 0 Å². The molecule has 0 spiro atoms. The highest BCUT2D eigenvalue weighted by atomic mass is 127. The topological polar surface area (TPSA) is 58.6 Å². The first-order chi connectivity index (χ1) is 16.5. The van der Waals surface area contributed by atoms with Crippen LogP contribution in [-0.2, 0) is 22.6 Å². The van der Waals surface area contributed by atoms with Crippen molar-refractivity contribution in [3.63, 3.8) is 0 Å². The van der Waals surface area contributed by atoms with Crippen molar-refractivity contribution in [2.75, 3.05) is 13.2 Å². The average Bonchev–Trinajstić information content (AvgIpc) is 2.85. The maximum absolute atomic E-state index is 13.5. The number of benzene rings is 3. The maximum Gasteiger partial charge on any atom is 0.261 e. The van der Waals surface area contributed by atoms with E-state index in [1.165, 1.54) is 0 Å². The van der Waals surface area contributed by atoms with E-state index in [2.05, 4.69) is 27.9 Å². The van der Waals surface area contributed by atoms with Gasteiger partial charge in [-0.2, -0.15) is 0 Å². The predicted molar refractivity (Wildman–Crippen MR) is 144 cm³/mol. The molecule has 5 nitrogen and oxygen atoms in total. The third kappa shape index (κ3) is 7.74. The zero-order chi connectivity index (χ0) is 24.3. The monoisotopic (exact) mass is 590 g/mol. The van der Waals surface area contributed by atoms with Crippen molar-refractivity contribution in [1.29, 1.82) is 0 Å². The van der Waals surface area contributed by atoms with Crippen molar-refractivity contribution in [2.45, 2.75) is 32.4 Å². The zero-order valence-electron chi connectivity index (χ0n) is 19.0. The number of rotatable bonds is 11. The van der Waals surface area contributed by atoms with Gasteiger partial charge in [0, 0.05) is 28.1 Å². The minimum Gasteiger partial charge on any atom is -0.484 e. The van der Waals surface area contributed by atoms with Gasteiger partial charge in [-0.3, -0.25) is 9.59 Å². The van der Waals surface area contributed by atoms with E-state index < -0.39 is 6.04 Å². The number of carbonyl (C=O) groups excluding carboxylic acids is 2. The van der Waals surface area contributed by atoms with Crippen LogP contribution in [0.3, 0.4) is 0 Å². The lowest BCUT2D eigenvalue weighted by Crippen LogP contribution is -2.51. The van der Waals surface area contributed by atoms with E-state index in [0.717, 1.165) is 21.1 Å². The SMILES string of the molecule is CCCNC(=O)[C@@H](Cc1ccccc1)N(Cc1ccccc1Cl)C(=O)COc1ccc(I)cc1. The van der Waals surface area contributed by atoms with Crippen molar-refractivity contribution in [2.24, 2.45) is 0 Å². The second kappa shape index (κ2) is 13.3. The molecule has 2 amide bonds. The summed E-state index contributed by atoms with van der Waals surface area (Å²) in [6.07, 6.45) is 1.19. The fourth-order valence-corrected chi connectivity index (χ4v) is 4.04. The summed E-state index contributed by atoms with van der Waals surface area (Å²) in [5.41, 5.74) is 1.74. The van der Waals surface area contributed by atoms with E-state index in [1.54, 1.807) is 11.0 Å². The number of hydrogen-bond acceptors (Lipinski definition) is 3. The van der Waals surface area contributed by atoms with Crippen LogP contribution in [0, 0.1) is 3.57 Å². The third-order valence-electron chi connectivity index (χ3n) is 5.29. The molecule has 7 heteroatoms. The highest BCUT2D eigenvalue weighted by Crippen LogP contribution is 2.21. The van der Waals surface area contributed by atoms with Gasteiger partial charge in [0.15, 0.2) is 6.61 Å². The molecule has 0 aliphatic carbocycles. The highest BCUT2D eigenvalue weighted by molar-refractivity contribution is 14.1. The Balaban J connectivity index is 1.89. The Bertz CT molecular complexity index is 1080. The van der Waals surface area contributed by atoms with E-state index in [-0.39, 0.29) is 25.0 Å². The zero-order valence-corrected chi connectivity index (χ0v) is 22.0. The molecular weight excluding hydrogens is 563 g/mol. The smallest absolute Gasteiger partial charge is 0.261 e. The highest BCUT2D eigenvalue weighted by Gasteiger charge is 2.31. The van der Waals surface area contributed by atoms with Crippen LogP contribution in [-0.4, -0.2) is 35.9 Å². The first-order valence-electron chi connectivity index (χ1n) is 11.2. The van der Waals surface area contributed by atoms with Crippen molar-refractivity contribution in [3.05, 3.63) is 98.6 Å². The van der Waals surface area contributed by atoms with Crippen LogP contribution in [0.2, 0.25) is 5.02 Å². The van der Waals surface area contributed by atoms with Crippen molar-refractivity contribution in [3.8, 4) is 5.75 Å². The lowest BCUT2D eigenvalue weighted by atomic mass is 10.0. The van der Waals surface area contributed by atoms with Gasteiger partial charge in [0.2, 0.25) is 5.91 Å². The fraction of sp³-hybridized carbons (Fsp3) is 0.259. The van der Waals surface area contributed by atoms with E-state index in [1.807, 2.05) is 79.7 Å². The number of nitrogens with one attached hydrogen (secondary N) is 1. The summed E-state index contributed by atoms with van der Waals surface area (Å²) < 4.78 is 6.85. The van der Waals surface area contributed by atoms with Crippen LogP contribution in [0.1, 0.15) is 24.5 Å². The molecule has 0 aromatic heterocycles. The molecule has 1 N–H and O–H groups in total. The Morgan fingerprint density at radius 3 is 2.35 bits per heavy atom. The Morgan fingerprint density at radius 1 is 1.00 bits per heavy atom. The summed E-state index contributed by atoms with van der Waals surface area (Å²) in [5, 5.41) is 3.51. The van der Waals surface area contributed by atoms with E-state index in [0.29, 0.717) is 23.7 Å². The molecule has 0 saturated carbocycles. The summed E-state index contributed by atoms with van der Waals surface area (Å²) in [6.45, 7) is 2.55. The summed E-state index contributed by atoms with van der Waals surface area (Å²) in [7, 11) is 0. The van der Waals surface area contributed by atoms with Crippen molar-refractivity contribution in [1.82, 2.24) is 10.2 Å². The van der Waals surface area contributed by atoms with Crippen molar-refractivity contribution >= 4 is 46.0 Å². The largest absolute Gasteiger partial charge is 0.484 e. The second-order valence-corrected chi connectivity index (χ2v) is 9.51. The molecule has 0 radical (unpaired) electrons. The molecule has 0 unspecified atom stereocenters. The van der Waals surface area contributed by atoms with Gasteiger partial charge in [0.1, 0.15) is 11.8 Å². The standard InChI is InChI=1S/C27H28ClIN2O3/c1-2-16-30-27(33)25(17-20-8-4-3-5-9-20)31(18-21-10-6-7-11-24(21)28)26(32)19-34-23-14-12-22(29)13-15-23/h3-15,25H,2,16-19H2,1H3,(H,30,33)/t25-/m1/s1. The second-order valence-electron chi connectivity index (χ2n) is 7.85. The predicted octanol–water partition coefficient (Wildman–Crippen LogP) is 5.49. The van der Waals surface area contributed by atoms with Gasteiger partial charge in [-0.1, -0.05) is 67.1 Å². The first-order valence-corrected chi connectivity index (χ1v) is 12.7. The number of nitrogens with zero attached hydrogens (tertiary/aromatic N) is 1. The molecule has 0 aliphatic heterocycles. The van der Waals surface area contributed by atoms with Gasteiger partial charge in [-0.15, -0.1) is 0 Å². The summed E-state index contributed by atoms with van der Waals surface area (Å²) in [5.74, 6) is 0.118. The average molecular weight is 591 g/mol. The minimum atomic E-state index is -0.710. The number of amides is 2. The Kier molecular flexibility index (Phi) is 10.2. The van der Waals surface area contributed by atoms with Gasteiger partial charge in [-0.05, 0) is 70.5 Å². The van der Waals surface area contributed by atoms with Gasteiger partial charge in [-0.25, -0.2) is 0 Å². The molecule has 3 rings (SSSR count). The van der Waals surface area contributed by atoms with Gasteiger partial charge in [0.25, 0.3) is 5.91 Å². The Labute approximate surface area is 219 Å². The van der Waals surface area contributed by atoms with E-state index >= 15 is 0 Å². The Hall–Kier alpha value is -2.58. The normalized spacial score (nSPS) is 11.5. The number of halogens is 2. The molecule has 34 heavy (non-hydrogen) atoms. The van der Waals surface area contributed by atoms with Crippen LogP contribution in [0.5, 0.6) is 5.75 Å². The first kappa shape index (κ1) is 26.0. The molecule has 3 aromatic rings. The van der Waals surface area contributed by atoms with E-state index in [4.69, 9.17) is 16.3 Å². The molecule has 0 fully saturated rings. The number of ether oxygens (including phenoxy) is 1. The molecule has 1 atom stereocenters. The van der Waals surface area contributed by atoms with Crippen LogP contribution in [0.15, 0.2) is 78.9 Å². The Morgan fingerprint density at radius 2 is 1.68 bits per heavy atom. The molecule has 0 saturated heterocycles. The molecule has 178 valence electrons. The minimum absolute atomic E-state index is 0.183.